The van der Waals surface area contributed by atoms with Gasteiger partial charge in [-0.05, 0) is 42.5 Å². The summed E-state index contributed by atoms with van der Waals surface area (Å²) in [5.41, 5.74) is 1.07. The number of halogens is 1. The number of benzene rings is 3. The van der Waals surface area contributed by atoms with Crippen molar-refractivity contribution in [2.24, 2.45) is 5.41 Å². The zero-order valence-corrected chi connectivity index (χ0v) is 22.2. The van der Waals surface area contributed by atoms with Gasteiger partial charge >= 0.3 is 0 Å². The minimum absolute atomic E-state index is 0. The molecule has 0 unspecified atom stereocenters. The number of unbranched alkanes of at least 4 members (excludes halogenated alkanes) is 2. The summed E-state index contributed by atoms with van der Waals surface area (Å²) in [7, 11) is 0. The second-order valence-corrected chi connectivity index (χ2v) is 10.4. The van der Waals surface area contributed by atoms with Crippen molar-refractivity contribution in [1.29, 1.82) is 0 Å². The maximum Gasteiger partial charge on any atom is 0.121 e. The van der Waals surface area contributed by atoms with Crippen molar-refractivity contribution < 1.29 is 31.3 Å². The largest absolute Gasteiger partial charge is 1.00 e. The first-order valence-corrected chi connectivity index (χ1v) is 13.0. The Morgan fingerprint density at radius 2 is 1.17 bits per heavy atom. The van der Waals surface area contributed by atoms with Gasteiger partial charge in [-0.1, -0.05) is 78.9 Å². The van der Waals surface area contributed by atoms with Gasteiger partial charge < -0.3 is 31.3 Å². The Kier molecular flexibility index (Phi) is 8.36. The number of fused-ring (bicyclic) bond motifs is 3. The molecule has 3 aromatic rings. The molecule has 3 saturated heterocycles. The van der Waals surface area contributed by atoms with Gasteiger partial charge in [0, 0.05) is 24.7 Å². The Labute approximate surface area is 221 Å². The number of piperidine rings is 3. The number of ether oxygens (including phenoxy) is 1. The highest BCUT2D eigenvalue weighted by Gasteiger charge is 2.60. The van der Waals surface area contributed by atoms with Gasteiger partial charge in [0.15, 0.2) is 0 Å². The molecule has 0 spiro atoms. The van der Waals surface area contributed by atoms with Crippen LogP contribution in [0.3, 0.4) is 0 Å². The fourth-order valence-electron chi connectivity index (χ4n) is 6.51. The lowest BCUT2D eigenvalue weighted by Gasteiger charge is -2.60. The summed E-state index contributed by atoms with van der Waals surface area (Å²) in [4.78, 5) is 0. The Bertz CT molecular complexity index is 977. The van der Waals surface area contributed by atoms with Gasteiger partial charge in [0.2, 0.25) is 0 Å². The van der Waals surface area contributed by atoms with Crippen LogP contribution < -0.4 is 21.7 Å². The van der Waals surface area contributed by atoms with Gasteiger partial charge in [0.25, 0.3) is 0 Å². The van der Waals surface area contributed by atoms with Crippen molar-refractivity contribution in [3.63, 3.8) is 0 Å². The van der Waals surface area contributed by atoms with Crippen molar-refractivity contribution >= 4 is 0 Å². The lowest BCUT2D eigenvalue weighted by atomic mass is 9.56. The molecule has 186 valence electrons. The van der Waals surface area contributed by atoms with E-state index < -0.39 is 5.60 Å². The van der Waals surface area contributed by atoms with Gasteiger partial charge in [0.05, 0.1) is 32.8 Å². The molecule has 0 amide bonds. The minimum Gasteiger partial charge on any atom is -1.00 e. The number of hydrogen-bond acceptors (Lipinski definition) is 2. The van der Waals surface area contributed by atoms with Crippen molar-refractivity contribution in [2.75, 3.05) is 32.8 Å². The number of aliphatic hydroxyl groups is 1. The van der Waals surface area contributed by atoms with Crippen LogP contribution in [0.2, 0.25) is 0 Å². The maximum absolute atomic E-state index is 12.5. The summed E-state index contributed by atoms with van der Waals surface area (Å²) in [6.07, 6.45) is 6.85. The first kappa shape index (κ1) is 25.9. The molecule has 3 nitrogen and oxygen atoms in total. The summed E-state index contributed by atoms with van der Waals surface area (Å²) in [5.74, 6) is 0.970. The SMILES string of the molecule is OC(c1ccccc1)(c1ccccc1)C12CC[N+](CCCCCOc3ccccc3)(CC1)CC2.[Br-]. The molecule has 3 aromatic carbocycles. The van der Waals surface area contributed by atoms with E-state index >= 15 is 0 Å². The lowest BCUT2D eigenvalue weighted by molar-refractivity contribution is -0.946. The fraction of sp³-hybridized carbons (Fsp3) is 0.419. The van der Waals surface area contributed by atoms with E-state index in [1.165, 1.54) is 43.5 Å². The topological polar surface area (TPSA) is 29.5 Å². The number of rotatable bonds is 10. The highest BCUT2D eigenvalue weighted by Crippen LogP contribution is 2.57. The molecule has 0 saturated carbocycles. The van der Waals surface area contributed by atoms with E-state index in [1.807, 2.05) is 42.5 Å². The van der Waals surface area contributed by atoms with Crippen molar-refractivity contribution in [3.8, 4) is 5.75 Å². The van der Waals surface area contributed by atoms with Crippen molar-refractivity contribution in [3.05, 3.63) is 102 Å². The number of nitrogens with zero attached hydrogens (tertiary/aromatic N) is 1. The lowest BCUT2D eigenvalue weighted by Crippen LogP contribution is -3.00. The van der Waals surface area contributed by atoms with Crippen LogP contribution >= 0.6 is 0 Å². The molecule has 3 fully saturated rings. The second kappa shape index (κ2) is 11.3. The first-order chi connectivity index (χ1) is 16.7. The molecular formula is C31H38BrNO2. The van der Waals surface area contributed by atoms with Crippen LogP contribution in [0.4, 0.5) is 0 Å². The zero-order valence-electron chi connectivity index (χ0n) is 20.6. The van der Waals surface area contributed by atoms with Crippen LogP contribution in [-0.4, -0.2) is 42.4 Å². The number of para-hydroxylation sites is 1. The molecule has 35 heavy (non-hydrogen) atoms. The molecule has 3 aliphatic rings. The molecule has 6 rings (SSSR count). The van der Waals surface area contributed by atoms with Crippen LogP contribution in [0.15, 0.2) is 91.0 Å². The van der Waals surface area contributed by atoms with Gasteiger partial charge in [-0.2, -0.15) is 0 Å². The third-order valence-corrected chi connectivity index (χ3v) is 8.63. The van der Waals surface area contributed by atoms with E-state index in [9.17, 15) is 5.11 Å². The summed E-state index contributed by atoms with van der Waals surface area (Å²) in [5, 5.41) is 12.5. The van der Waals surface area contributed by atoms with E-state index in [4.69, 9.17) is 4.74 Å². The van der Waals surface area contributed by atoms with E-state index in [1.54, 1.807) is 0 Å². The van der Waals surface area contributed by atoms with Crippen LogP contribution in [0.1, 0.15) is 49.7 Å². The summed E-state index contributed by atoms with van der Waals surface area (Å²) >= 11 is 0. The van der Waals surface area contributed by atoms with Crippen LogP contribution in [-0.2, 0) is 5.60 Å². The third kappa shape index (κ3) is 5.21. The second-order valence-electron chi connectivity index (χ2n) is 10.4. The average Bonchev–Trinajstić information content (AvgIpc) is 2.93. The first-order valence-electron chi connectivity index (χ1n) is 13.0. The van der Waals surface area contributed by atoms with E-state index in [-0.39, 0.29) is 22.4 Å². The minimum atomic E-state index is -0.930. The van der Waals surface area contributed by atoms with Gasteiger partial charge in [-0.25, -0.2) is 0 Å². The molecule has 0 aromatic heterocycles. The average molecular weight is 537 g/mol. The maximum atomic E-state index is 12.5. The number of quaternary nitrogens is 1. The Hall–Kier alpha value is -2.14. The molecule has 3 aliphatic heterocycles. The molecule has 3 heterocycles. The van der Waals surface area contributed by atoms with Crippen LogP contribution in [0.5, 0.6) is 5.75 Å². The van der Waals surface area contributed by atoms with E-state index in [0.717, 1.165) is 49.2 Å². The monoisotopic (exact) mass is 535 g/mol. The van der Waals surface area contributed by atoms with Crippen LogP contribution in [0.25, 0.3) is 0 Å². The Balaban J connectivity index is 0.00000289. The number of hydrogen-bond donors (Lipinski definition) is 1. The quantitative estimate of drug-likeness (QED) is 0.319. The van der Waals surface area contributed by atoms with Crippen molar-refractivity contribution in [2.45, 2.75) is 44.1 Å². The highest BCUT2D eigenvalue weighted by molar-refractivity contribution is 5.39. The highest BCUT2D eigenvalue weighted by atomic mass is 79.9. The molecule has 0 atom stereocenters. The molecular weight excluding hydrogens is 498 g/mol. The molecule has 1 N–H and O–H groups in total. The Morgan fingerprint density at radius 1 is 0.686 bits per heavy atom. The van der Waals surface area contributed by atoms with Crippen LogP contribution in [0, 0.1) is 5.41 Å². The standard InChI is InChI=1S/C31H38NO2.BrH/c33-31(27-13-5-1-6-14-27,28-15-7-2-8-16-28)30-19-23-32(24-20-30,25-21-30)22-11-4-12-26-34-29-17-9-3-10-18-29;/h1-3,5-10,13-18,33H,4,11-12,19-26H2;1H/q+1;/p-1. The molecule has 0 radical (unpaired) electrons. The third-order valence-electron chi connectivity index (χ3n) is 8.63. The Morgan fingerprint density at radius 3 is 1.69 bits per heavy atom. The molecule has 2 bridgehead atoms. The summed E-state index contributed by atoms with van der Waals surface area (Å²) in [6.45, 7) is 5.61. The van der Waals surface area contributed by atoms with E-state index in [0.29, 0.717) is 0 Å². The van der Waals surface area contributed by atoms with Gasteiger partial charge in [-0.15, -0.1) is 0 Å². The van der Waals surface area contributed by atoms with E-state index in [2.05, 4.69) is 48.5 Å². The predicted octanol–water partition coefficient (Wildman–Crippen LogP) is 3.18. The normalized spacial score (nSPS) is 23.5. The molecule has 0 aliphatic carbocycles. The molecule has 4 heteroatoms. The van der Waals surface area contributed by atoms with Gasteiger partial charge in [0.1, 0.15) is 11.4 Å². The fourth-order valence-corrected chi connectivity index (χ4v) is 6.51. The van der Waals surface area contributed by atoms with Gasteiger partial charge in [-0.3, -0.25) is 0 Å². The summed E-state index contributed by atoms with van der Waals surface area (Å²) < 4.78 is 7.10. The zero-order chi connectivity index (χ0) is 23.3. The summed E-state index contributed by atoms with van der Waals surface area (Å²) in [6, 6.07) is 30.9. The predicted molar refractivity (Wildman–Crippen MR) is 138 cm³/mol. The smallest absolute Gasteiger partial charge is 0.121 e. The van der Waals surface area contributed by atoms with Crippen molar-refractivity contribution in [1.82, 2.24) is 0 Å².